The van der Waals surface area contributed by atoms with Gasteiger partial charge in [0.1, 0.15) is 5.75 Å². The molecule has 0 aromatic heterocycles. The van der Waals surface area contributed by atoms with E-state index in [0.717, 1.165) is 25.8 Å². The summed E-state index contributed by atoms with van der Waals surface area (Å²) in [5.41, 5.74) is 0.665. The van der Waals surface area contributed by atoms with Crippen LogP contribution in [-0.4, -0.2) is 57.7 Å². The molecule has 1 saturated heterocycles. The van der Waals surface area contributed by atoms with Crippen molar-refractivity contribution in [2.45, 2.75) is 31.9 Å². The lowest BCUT2D eigenvalue weighted by atomic mass is 10.2. The van der Waals surface area contributed by atoms with Crippen molar-refractivity contribution in [3.05, 3.63) is 24.3 Å². The van der Waals surface area contributed by atoms with Gasteiger partial charge in [0.2, 0.25) is 5.91 Å². The topological polar surface area (TPSA) is 78.0 Å². The maximum atomic E-state index is 12.6. The molecule has 3 rings (SSSR count). The van der Waals surface area contributed by atoms with Crippen LogP contribution in [0.15, 0.2) is 29.3 Å². The predicted molar refractivity (Wildman–Crippen MR) is 119 cm³/mol. The van der Waals surface area contributed by atoms with E-state index in [4.69, 9.17) is 0 Å². The Morgan fingerprint density at radius 1 is 1.24 bits per heavy atom. The van der Waals surface area contributed by atoms with Gasteiger partial charge in [0.15, 0.2) is 5.96 Å². The average molecular weight is 523 g/mol. The number of halogens is 3. The van der Waals surface area contributed by atoms with E-state index in [1.165, 1.54) is 0 Å². The number of para-hydroxylation sites is 2. The molecule has 0 bridgehead atoms. The summed E-state index contributed by atoms with van der Waals surface area (Å²) in [5.74, 6) is 1.18. The highest BCUT2D eigenvalue weighted by Crippen LogP contribution is 2.31. The third-order valence-electron chi connectivity index (χ3n) is 4.84. The van der Waals surface area contributed by atoms with Crippen LogP contribution in [0, 0.1) is 5.92 Å². The molecule has 1 unspecified atom stereocenters. The molecule has 3 N–H and O–H groups in total. The van der Waals surface area contributed by atoms with Crippen molar-refractivity contribution in [1.29, 1.82) is 0 Å². The Bertz CT molecular complexity index is 703. The molecule has 2 fully saturated rings. The Kier molecular flexibility index (Phi) is 9.18. The maximum Gasteiger partial charge on any atom is 0.387 e. The first-order valence-electron chi connectivity index (χ1n) is 9.60. The van der Waals surface area contributed by atoms with Crippen molar-refractivity contribution in [2.24, 2.45) is 10.9 Å². The highest BCUT2D eigenvalue weighted by atomic mass is 127. The van der Waals surface area contributed by atoms with E-state index < -0.39 is 6.61 Å². The van der Waals surface area contributed by atoms with Gasteiger partial charge in [-0.1, -0.05) is 12.1 Å². The minimum absolute atomic E-state index is 0. The van der Waals surface area contributed by atoms with Gasteiger partial charge in [-0.05, 0) is 31.4 Å². The highest BCUT2D eigenvalue weighted by Gasteiger charge is 2.29. The predicted octanol–water partition coefficient (Wildman–Crippen LogP) is 2.18. The van der Waals surface area contributed by atoms with E-state index in [1.54, 1.807) is 25.2 Å². The first kappa shape index (κ1) is 23.4. The SMILES string of the molecule is CN=C(NCCNC(=O)C1CC1)NC1CCN(c2ccccc2OC(F)F)C1.I. The van der Waals surface area contributed by atoms with Crippen LogP contribution < -0.4 is 25.6 Å². The minimum Gasteiger partial charge on any atom is -0.433 e. The Balaban J connectivity index is 0.00000300. The Morgan fingerprint density at radius 3 is 2.66 bits per heavy atom. The van der Waals surface area contributed by atoms with Gasteiger partial charge in [-0.15, -0.1) is 24.0 Å². The molecule has 1 amide bonds. The van der Waals surface area contributed by atoms with Crippen LogP contribution >= 0.6 is 24.0 Å². The Morgan fingerprint density at radius 2 is 1.97 bits per heavy atom. The highest BCUT2D eigenvalue weighted by molar-refractivity contribution is 14.0. The number of guanidine groups is 1. The maximum absolute atomic E-state index is 12.6. The summed E-state index contributed by atoms with van der Waals surface area (Å²) in [6, 6.07) is 6.96. The second-order valence-corrected chi connectivity index (χ2v) is 6.99. The largest absolute Gasteiger partial charge is 0.433 e. The van der Waals surface area contributed by atoms with Gasteiger partial charge in [-0.2, -0.15) is 8.78 Å². The molecule has 1 aliphatic carbocycles. The number of carbonyl (C=O) groups excluding carboxylic acids is 1. The van der Waals surface area contributed by atoms with Gasteiger partial charge in [-0.3, -0.25) is 9.79 Å². The fourth-order valence-corrected chi connectivity index (χ4v) is 3.26. The number of aliphatic imine (C=N–C) groups is 1. The zero-order chi connectivity index (χ0) is 19.9. The number of benzene rings is 1. The molecule has 1 heterocycles. The van der Waals surface area contributed by atoms with Crippen LogP contribution in [0.2, 0.25) is 0 Å². The van der Waals surface area contributed by atoms with E-state index in [2.05, 4.69) is 25.7 Å². The molecule has 0 spiro atoms. The van der Waals surface area contributed by atoms with Gasteiger partial charge in [0, 0.05) is 45.2 Å². The van der Waals surface area contributed by atoms with Crippen LogP contribution in [-0.2, 0) is 4.79 Å². The molecule has 162 valence electrons. The van der Waals surface area contributed by atoms with Crippen molar-refractivity contribution in [2.75, 3.05) is 38.1 Å². The third kappa shape index (κ3) is 7.16. The molecule has 1 saturated carbocycles. The third-order valence-corrected chi connectivity index (χ3v) is 4.84. The number of nitrogens with zero attached hydrogens (tertiary/aromatic N) is 2. The van der Waals surface area contributed by atoms with Crippen molar-refractivity contribution in [3.63, 3.8) is 0 Å². The lowest BCUT2D eigenvalue weighted by Crippen LogP contribution is -2.46. The number of nitrogens with one attached hydrogen (secondary N) is 3. The van der Waals surface area contributed by atoms with Gasteiger partial charge < -0.3 is 25.6 Å². The van der Waals surface area contributed by atoms with Crippen LogP contribution in [0.25, 0.3) is 0 Å². The summed E-state index contributed by atoms with van der Waals surface area (Å²) in [7, 11) is 1.69. The molecule has 2 aliphatic rings. The summed E-state index contributed by atoms with van der Waals surface area (Å²) in [6.45, 7) is -0.329. The zero-order valence-corrected chi connectivity index (χ0v) is 18.7. The summed E-state index contributed by atoms with van der Waals surface area (Å²) >= 11 is 0. The molecule has 7 nitrogen and oxygen atoms in total. The van der Waals surface area contributed by atoms with Gasteiger partial charge in [0.05, 0.1) is 5.69 Å². The van der Waals surface area contributed by atoms with E-state index in [9.17, 15) is 13.6 Å². The first-order chi connectivity index (χ1) is 13.6. The molecule has 10 heteroatoms. The zero-order valence-electron chi connectivity index (χ0n) is 16.4. The van der Waals surface area contributed by atoms with Crippen LogP contribution in [0.1, 0.15) is 19.3 Å². The number of anilines is 1. The van der Waals surface area contributed by atoms with Crippen molar-refractivity contribution < 1.29 is 18.3 Å². The lowest BCUT2D eigenvalue weighted by Gasteiger charge is -2.22. The number of hydrogen-bond donors (Lipinski definition) is 3. The minimum atomic E-state index is -2.85. The molecule has 1 aromatic carbocycles. The average Bonchev–Trinajstić information content (AvgIpc) is 3.43. The van der Waals surface area contributed by atoms with E-state index in [1.807, 2.05) is 11.0 Å². The number of rotatable bonds is 8. The fourth-order valence-electron chi connectivity index (χ4n) is 3.26. The Labute approximate surface area is 186 Å². The lowest BCUT2D eigenvalue weighted by molar-refractivity contribution is -0.122. The van der Waals surface area contributed by atoms with Crippen LogP contribution in [0.3, 0.4) is 0 Å². The number of alkyl halides is 2. The normalized spacial score (nSPS) is 19.0. The molecular weight excluding hydrogens is 495 g/mol. The smallest absolute Gasteiger partial charge is 0.387 e. The van der Waals surface area contributed by atoms with Gasteiger partial charge in [0.25, 0.3) is 0 Å². The summed E-state index contributed by atoms with van der Waals surface area (Å²) < 4.78 is 29.9. The Hall–Kier alpha value is -1.85. The standard InChI is InChI=1S/C19H27F2N5O2.HI/c1-22-19(24-10-9-23-17(27)13-6-7-13)25-14-8-11-26(12-14)15-4-2-3-5-16(15)28-18(20)21;/h2-5,13-14,18H,6-12H2,1H3,(H,23,27)(H2,22,24,25);1H. The van der Waals surface area contributed by atoms with E-state index in [-0.39, 0.29) is 47.6 Å². The van der Waals surface area contributed by atoms with E-state index >= 15 is 0 Å². The second kappa shape index (κ2) is 11.4. The number of amides is 1. The van der Waals surface area contributed by atoms with Crippen LogP contribution in [0.5, 0.6) is 5.75 Å². The molecule has 1 aromatic rings. The summed E-state index contributed by atoms with van der Waals surface area (Å²) in [4.78, 5) is 17.9. The number of ether oxygens (including phenoxy) is 1. The van der Waals surface area contributed by atoms with Crippen molar-refractivity contribution >= 4 is 41.5 Å². The first-order valence-corrected chi connectivity index (χ1v) is 9.60. The van der Waals surface area contributed by atoms with Gasteiger partial charge in [-0.25, -0.2) is 0 Å². The molecule has 29 heavy (non-hydrogen) atoms. The molecular formula is C19H28F2IN5O2. The summed E-state index contributed by atoms with van der Waals surface area (Å²) in [5, 5.41) is 9.43. The van der Waals surface area contributed by atoms with Crippen LogP contribution in [0.4, 0.5) is 14.5 Å². The van der Waals surface area contributed by atoms with Crippen molar-refractivity contribution in [1.82, 2.24) is 16.0 Å². The molecule has 0 radical (unpaired) electrons. The number of carbonyl (C=O) groups is 1. The van der Waals surface area contributed by atoms with Gasteiger partial charge >= 0.3 is 6.61 Å². The fraction of sp³-hybridized carbons (Fsp3) is 0.579. The van der Waals surface area contributed by atoms with E-state index in [0.29, 0.717) is 31.3 Å². The van der Waals surface area contributed by atoms with Crippen molar-refractivity contribution in [3.8, 4) is 5.75 Å². The monoisotopic (exact) mass is 523 g/mol. The second-order valence-electron chi connectivity index (χ2n) is 6.99. The molecule has 1 aliphatic heterocycles. The quantitative estimate of drug-likeness (QED) is 0.211. The number of hydrogen-bond acceptors (Lipinski definition) is 4. The molecule has 1 atom stereocenters. The summed E-state index contributed by atoms with van der Waals surface area (Å²) in [6.07, 6.45) is 2.83.